The number of hydrazine groups is 1. The fourth-order valence-corrected chi connectivity index (χ4v) is 1.57. The number of nitrogens with two attached hydrogens (primary N) is 1. The van der Waals surface area contributed by atoms with Crippen LogP contribution in [0.3, 0.4) is 0 Å². The molecule has 3 atom stereocenters. The van der Waals surface area contributed by atoms with E-state index in [9.17, 15) is 5.11 Å². The first kappa shape index (κ1) is 11.8. The summed E-state index contributed by atoms with van der Waals surface area (Å²) < 4.78 is 10.9. The topological polar surface area (TPSA) is 97.0 Å². The summed E-state index contributed by atoms with van der Waals surface area (Å²) in [7, 11) is 0. The summed E-state index contributed by atoms with van der Waals surface area (Å²) >= 11 is 0. The van der Waals surface area contributed by atoms with Gasteiger partial charge in [0.15, 0.2) is 5.79 Å². The highest BCUT2D eigenvalue weighted by atomic mass is 16.8. The first-order valence-corrected chi connectivity index (χ1v) is 4.58. The number of aliphatic hydroxyl groups is 2. The smallest absolute Gasteiger partial charge is 0.163 e. The number of ether oxygens (including phenoxy) is 2. The van der Waals surface area contributed by atoms with E-state index in [4.69, 9.17) is 20.4 Å². The molecule has 1 rings (SSSR count). The van der Waals surface area contributed by atoms with Gasteiger partial charge in [0, 0.05) is 6.54 Å². The number of hydrogen-bond donors (Lipinski definition) is 4. The number of rotatable bonds is 4. The van der Waals surface area contributed by atoms with Crippen LogP contribution in [0, 0.1) is 0 Å². The summed E-state index contributed by atoms with van der Waals surface area (Å²) in [6.45, 7) is 3.51. The van der Waals surface area contributed by atoms with Crippen LogP contribution in [0.15, 0.2) is 0 Å². The summed E-state index contributed by atoms with van der Waals surface area (Å²) in [4.78, 5) is 0. The van der Waals surface area contributed by atoms with E-state index in [0.29, 0.717) is 6.54 Å². The summed E-state index contributed by atoms with van der Waals surface area (Å²) in [6.07, 6.45) is -1.85. The van der Waals surface area contributed by atoms with Crippen LogP contribution in [-0.4, -0.2) is 47.5 Å². The molecule has 0 aromatic carbocycles. The van der Waals surface area contributed by atoms with Crippen LogP contribution in [0.5, 0.6) is 0 Å². The van der Waals surface area contributed by atoms with Crippen molar-refractivity contribution in [2.24, 2.45) is 5.84 Å². The SMILES string of the molecule is CC1(C)O[C@H]([C@H](O)CO)[C@H](CNN)O1. The van der Waals surface area contributed by atoms with Gasteiger partial charge in [-0.3, -0.25) is 11.3 Å². The molecule has 0 bridgehead atoms. The number of hydrogen-bond acceptors (Lipinski definition) is 6. The molecule has 0 unspecified atom stereocenters. The molecule has 84 valence electrons. The molecule has 0 spiro atoms. The zero-order valence-corrected chi connectivity index (χ0v) is 8.43. The minimum Gasteiger partial charge on any atom is -0.394 e. The Morgan fingerprint density at radius 1 is 1.50 bits per heavy atom. The normalized spacial score (nSPS) is 33.2. The van der Waals surface area contributed by atoms with Gasteiger partial charge in [0.05, 0.1) is 6.61 Å². The largest absolute Gasteiger partial charge is 0.394 e. The average Bonchev–Trinajstić information content (AvgIpc) is 2.41. The number of aliphatic hydroxyl groups excluding tert-OH is 2. The first-order chi connectivity index (χ1) is 6.50. The number of nitrogens with one attached hydrogen (secondary N) is 1. The van der Waals surface area contributed by atoms with Crippen LogP contribution in [0.2, 0.25) is 0 Å². The van der Waals surface area contributed by atoms with E-state index in [1.807, 2.05) is 0 Å². The quantitative estimate of drug-likeness (QED) is 0.324. The predicted octanol–water partition coefficient (Wildman–Crippen LogP) is -1.68. The second-order valence-corrected chi connectivity index (χ2v) is 3.80. The second-order valence-electron chi connectivity index (χ2n) is 3.80. The highest BCUT2D eigenvalue weighted by Gasteiger charge is 2.44. The Hall–Kier alpha value is -0.240. The van der Waals surface area contributed by atoms with Crippen molar-refractivity contribution in [3.63, 3.8) is 0 Å². The van der Waals surface area contributed by atoms with Gasteiger partial charge in [-0.2, -0.15) is 0 Å². The molecule has 6 nitrogen and oxygen atoms in total. The molecule has 6 heteroatoms. The minimum absolute atomic E-state index is 0.350. The van der Waals surface area contributed by atoms with Crippen molar-refractivity contribution >= 4 is 0 Å². The molecule has 0 aromatic heterocycles. The van der Waals surface area contributed by atoms with E-state index < -0.39 is 18.0 Å². The fourth-order valence-electron chi connectivity index (χ4n) is 1.57. The third kappa shape index (κ3) is 2.63. The minimum atomic E-state index is -0.949. The van der Waals surface area contributed by atoms with E-state index in [0.717, 1.165) is 0 Å². The highest BCUT2D eigenvalue weighted by Crippen LogP contribution is 2.29. The third-order valence-corrected chi connectivity index (χ3v) is 2.11. The monoisotopic (exact) mass is 206 g/mol. The molecule has 1 fully saturated rings. The lowest BCUT2D eigenvalue weighted by Crippen LogP contribution is -2.44. The molecule has 1 heterocycles. The van der Waals surface area contributed by atoms with Gasteiger partial charge in [0.25, 0.3) is 0 Å². The van der Waals surface area contributed by atoms with Crippen molar-refractivity contribution < 1.29 is 19.7 Å². The maximum absolute atomic E-state index is 9.46. The molecule has 1 aliphatic rings. The molecule has 14 heavy (non-hydrogen) atoms. The van der Waals surface area contributed by atoms with E-state index in [-0.39, 0.29) is 12.7 Å². The molecule has 1 saturated heterocycles. The molecule has 0 aromatic rings. The van der Waals surface area contributed by atoms with Crippen LogP contribution in [-0.2, 0) is 9.47 Å². The summed E-state index contributed by atoms with van der Waals surface area (Å²) in [5.74, 6) is 4.42. The fraction of sp³-hybridized carbons (Fsp3) is 1.00. The van der Waals surface area contributed by atoms with Gasteiger partial charge in [-0.1, -0.05) is 0 Å². The van der Waals surface area contributed by atoms with Crippen molar-refractivity contribution in [1.82, 2.24) is 5.43 Å². The first-order valence-electron chi connectivity index (χ1n) is 4.58. The lowest BCUT2D eigenvalue weighted by molar-refractivity contribution is -0.157. The van der Waals surface area contributed by atoms with Crippen molar-refractivity contribution in [3.05, 3.63) is 0 Å². The third-order valence-electron chi connectivity index (χ3n) is 2.11. The molecule has 0 saturated carbocycles. The Balaban J connectivity index is 2.62. The lowest BCUT2D eigenvalue weighted by atomic mass is 10.1. The van der Waals surface area contributed by atoms with Gasteiger partial charge >= 0.3 is 0 Å². The van der Waals surface area contributed by atoms with Gasteiger partial charge in [0.2, 0.25) is 0 Å². The molecular formula is C8H18N2O4. The van der Waals surface area contributed by atoms with Gasteiger partial charge in [-0.15, -0.1) is 0 Å². The molecule has 0 aliphatic carbocycles. The zero-order valence-electron chi connectivity index (χ0n) is 8.43. The van der Waals surface area contributed by atoms with E-state index in [1.54, 1.807) is 13.8 Å². The van der Waals surface area contributed by atoms with Gasteiger partial charge in [0.1, 0.15) is 18.3 Å². The maximum Gasteiger partial charge on any atom is 0.163 e. The van der Waals surface area contributed by atoms with Crippen LogP contribution in [0.25, 0.3) is 0 Å². The molecule has 5 N–H and O–H groups in total. The zero-order chi connectivity index (χ0) is 10.8. The second kappa shape index (κ2) is 4.52. The Labute approximate surface area is 83.0 Å². The Morgan fingerprint density at radius 2 is 2.14 bits per heavy atom. The van der Waals surface area contributed by atoms with Crippen LogP contribution in [0.1, 0.15) is 13.8 Å². The van der Waals surface area contributed by atoms with Crippen molar-refractivity contribution in [2.75, 3.05) is 13.2 Å². The predicted molar refractivity (Wildman–Crippen MR) is 49.1 cm³/mol. The average molecular weight is 206 g/mol. The summed E-state index contributed by atoms with van der Waals surface area (Å²) in [5, 5.41) is 18.3. The summed E-state index contributed by atoms with van der Waals surface area (Å²) in [6, 6.07) is 0. The molecule has 0 radical (unpaired) electrons. The van der Waals surface area contributed by atoms with Crippen molar-refractivity contribution in [1.29, 1.82) is 0 Å². The Bertz CT molecular complexity index is 188. The van der Waals surface area contributed by atoms with Gasteiger partial charge in [-0.05, 0) is 13.8 Å². The Morgan fingerprint density at radius 3 is 2.64 bits per heavy atom. The van der Waals surface area contributed by atoms with Crippen molar-refractivity contribution in [3.8, 4) is 0 Å². The molecule has 1 aliphatic heterocycles. The van der Waals surface area contributed by atoms with E-state index in [1.165, 1.54) is 0 Å². The summed E-state index contributed by atoms with van der Waals surface area (Å²) in [5.41, 5.74) is 2.46. The van der Waals surface area contributed by atoms with Gasteiger partial charge < -0.3 is 19.7 Å². The van der Waals surface area contributed by atoms with Crippen LogP contribution in [0.4, 0.5) is 0 Å². The maximum atomic E-state index is 9.46. The highest BCUT2D eigenvalue weighted by molar-refractivity contribution is 4.87. The van der Waals surface area contributed by atoms with E-state index in [2.05, 4.69) is 5.43 Å². The Kier molecular flexibility index (Phi) is 3.82. The van der Waals surface area contributed by atoms with E-state index >= 15 is 0 Å². The van der Waals surface area contributed by atoms with Crippen LogP contribution < -0.4 is 11.3 Å². The van der Waals surface area contributed by atoms with Crippen molar-refractivity contribution in [2.45, 2.75) is 37.9 Å². The lowest BCUT2D eigenvalue weighted by Gasteiger charge is -2.20. The standard InChI is InChI=1S/C8H18N2O4/c1-8(2)13-6(3-10-9)7(14-8)5(12)4-11/h5-7,10-12H,3-4,9H2,1-2H3/t5-,6+,7-/m1/s1. The van der Waals surface area contributed by atoms with Crippen LogP contribution >= 0.6 is 0 Å². The van der Waals surface area contributed by atoms with Gasteiger partial charge in [-0.25, -0.2) is 0 Å². The molecule has 0 amide bonds. The molecular weight excluding hydrogens is 188 g/mol.